The summed E-state index contributed by atoms with van der Waals surface area (Å²) in [6, 6.07) is 18.1. The molecular formula is C22H28N2O2. The molecule has 2 aromatic carbocycles. The predicted octanol–water partition coefficient (Wildman–Crippen LogP) is 3.63. The van der Waals surface area contributed by atoms with E-state index in [0.717, 1.165) is 24.0 Å². The fourth-order valence-electron chi connectivity index (χ4n) is 4.61. The first-order valence-corrected chi connectivity index (χ1v) is 9.53. The number of rotatable bonds is 6. The number of hydrogen-bond acceptors (Lipinski definition) is 4. The van der Waals surface area contributed by atoms with E-state index < -0.39 is 0 Å². The Balaban J connectivity index is 1.52. The molecule has 4 nitrogen and oxygen atoms in total. The van der Waals surface area contributed by atoms with Crippen LogP contribution in [0.2, 0.25) is 0 Å². The molecule has 0 aliphatic carbocycles. The van der Waals surface area contributed by atoms with Crippen molar-refractivity contribution < 1.29 is 9.47 Å². The van der Waals surface area contributed by atoms with E-state index in [-0.39, 0.29) is 0 Å². The summed E-state index contributed by atoms with van der Waals surface area (Å²) in [6.07, 6.45) is 2.60. The third-order valence-electron chi connectivity index (χ3n) is 5.95. The van der Waals surface area contributed by atoms with Crippen LogP contribution >= 0.6 is 0 Å². The SMILES string of the molecule is COc1ccc(CNC2C3CCN(CC3)C2c2ccccc2)cc1OC. The average Bonchev–Trinajstić information content (AvgIpc) is 2.73. The van der Waals surface area contributed by atoms with Crippen LogP contribution in [-0.4, -0.2) is 38.3 Å². The first-order valence-electron chi connectivity index (χ1n) is 9.53. The average molecular weight is 352 g/mol. The summed E-state index contributed by atoms with van der Waals surface area (Å²) in [5, 5.41) is 3.87. The van der Waals surface area contributed by atoms with E-state index in [0.29, 0.717) is 12.1 Å². The second-order valence-corrected chi connectivity index (χ2v) is 7.32. The molecule has 2 atom stereocenters. The molecule has 4 heteroatoms. The summed E-state index contributed by atoms with van der Waals surface area (Å²) in [6.45, 7) is 3.29. The Hall–Kier alpha value is -2.04. The van der Waals surface area contributed by atoms with Crippen LogP contribution in [-0.2, 0) is 6.54 Å². The van der Waals surface area contributed by atoms with Gasteiger partial charge >= 0.3 is 0 Å². The monoisotopic (exact) mass is 352 g/mol. The second kappa shape index (κ2) is 7.68. The van der Waals surface area contributed by atoms with Crippen molar-refractivity contribution in [1.29, 1.82) is 0 Å². The standard InChI is InChI=1S/C22H28N2O2/c1-25-19-9-8-16(14-20(19)26-2)15-23-21-17-10-12-24(13-11-17)22(21)18-6-4-3-5-7-18/h3-9,14,17,21-23H,10-13,15H2,1-2H3. The van der Waals surface area contributed by atoms with Crippen molar-refractivity contribution in [1.82, 2.24) is 10.2 Å². The molecule has 5 rings (SSSR count). The lowest BCUT2D eigenvalue weighted by Crippen LogP contribution is -2.57. The fraction of sp³-hybridized carbons (Fsp3) is 0.455. The highest BCUT2D eigenvalue weighted by Gasteiger charge is 2.42. The summed E-state index contributed by atoms with van der Waals surface area (Å²) in [7, 11) is 3.36. The Morgan fingerprint density at radius 2 is 1.69 bits per heavy atom. The Morgan fingerprint density at radius 1 is 0.962 bits per heavy atom. The molecule has 3 fully saturated rings. The summed E-state index contributed by atoms with van der Waals surface area (Å²) >= 11 is 0. The van der Waals surface area contributed by atoms with Crippen LogP contribution in [0.15, 0.2) is 48.5 Å². The predicted molar refractivity (Wildman–Crippen MR) is 104 cm³/mol. The van der Waals surface area contributed by atoms with Gasteiger partial charge in [0.2, 0.25) is 0 Å². The number of hydrogen-bond donors (Lipinski definition) is 1. The minimum absolute atomic E-state index is 0.476. The van der Waals surface area contributed by atoms with E-state index in [9.17, 15) is 0 Å². The van der Waals surface area contributed by atoms with Gasteiger partial charge in [0, 0.05) is 12.6 Å². The van der Waals surface area contributed by atoms with E-state index in [2.05, 4.69) is 52.7 Å². The van der Waals surface area contributed by atoms with Gasteiger partial charge in [-0.25, -0.2) is 0 Å². The van der Waals surface area contributed by atoms with Gasteiger partial charge in [0.15, 0.2) is 11.5 Å². The first-order chi connectivity index (χ1) is 12.8. The summed E-state index contributed by atoms with van der Waals surface area (Å²) in [4.78, 5) is 2.65. The molecule has 26 heavy (non-hydrogen) atoms. The number of nitrogens with one attached hydrogen (secondary N) is 1. The van der Waals surface area contributed by atoms with Crippen molar-refractivity contribution in [2.45, 2.75) is 31.5 Å². The fourth-order valence-corrected chi connectivity index (χ4v) is 4.61. The zero-order valence-electron chi connectivity index (χ0n) is 15.7. The molecule has 0 amide bonds. The number of methoxy groups -OCH3 is 2. The highest BCUT2D eigenvalue weighted by Crippen LogP contribution is 2.41. The molecule has 3 heterocycles. The highest BCUT2D eigenvalue weighted by atomic mass is 16.5. The molecule has 2 aromatic rings. The van der Waals surface area contributed by atoms with E-state index in [1.165, 1.54) is 37.1 Å². The van der Waals surface area contributed by atoms with Crippen LogP contribution in [0, 0.1) is 5.92 Å². The number of nitrogens with zero attached hydrogens (tertiary/aromatic N) is 1. The lowest BCUT2D eigenvalue weighted by Gasteiger charge is -2.51. The van der Waals surface area contributed by atoms with Crippen LogP contribution in [0.3, 0.4) is 0 Å². The Kier molecular flexibility index (Phi) is 5.14. The molecule has 2 bridgehead atoms. The van der Waals surface area contributed by atoms with Crippen molar-refractivity contribution in [3.8, 4) is 11.5 Å². The lowest BCUT2D eigenvalue weighted by molar-refractivity contribution is 0.0112. The van der Waals surface area contributed by atoms with E-state index in [1.54, 1.807) is 14.2 Å². The Labute approximate surface area is 156 Å². The molecule has 138 valence electrons. The molecule has 2 unspecified atom stereocenters. The van der Waals surface area contributed by atoms with Crippen molar-refractivity contribution in [2.75, 3.05) is 27.3 Å². The topological polar surface area (TPSA) is 33.7 Å². The lowest BCUT2D eigenvalue weighted by atomic mass is 9.76. The van der Waals surface area contributed by atoms with E-state index in [4.69, 9.17) is 9.47 Å². The number of benzene rings is 2. The van der Waals surface area contributed by atoms with Crippen LogP contribution < -0.4 is 14.8 Å². The number of fused-ring (bicyclic) bond motifs is 3. The van der Waals surface area contributed by atoms with Gasteiger partial charge in [0.05, 0.1) is 20.3 Å². The molecule has 3 aliphatic heterocycles. The molecule has 0 aromatic heterocycles. The first kappa shape index (κ1) is 17.4. The second-order valence-electron chi connectivity index (χ2n) is 7.32. The number of piperidine rings is 3. The van der Waals surface area contributed by atoms with Crippen molar-refractivity contribution in [3.05, 3.63) is 59.7 Å². The molecule has 0 saturated carbocycles. The van der Waals surface area contributed by atoms with Gasteiger partial charge in [0.25, 0.3) is 0 Å². The zero-order valence-corrected chi connectivity index (χ0v) is 15.7. The summed E-state index contributed by atoms with van der Waals surface area (Å²) < 4.78 is 10.8. The Morgan fingerprint density at radius 3 is 2.38 bits per heavy atom. The Bertz CT molecular complexity index is 726. The highest BCUT2D eigenvalue weighted by molar-refractivity contribution is 5.42. The molecular weight excluding hydrogens is 324 g/mol. The van der Waals surface area contributed by atoms with Gasteiger partial charge in [0.1, 0.15) is 0 Å². The number of ether oxygens (including phenoxy) is 2. The van der Waals surface area contributed by atoms with Crippen molar-refractivity contribution in [2.24, 2.45) is 5.92 Å². The van der Waals surface area contributed by atoms with Crippen LogP contribution in [0.5, 0.6) is 11.5 Å². The van der Waals surface area contributed by atoms with Crippen LogP contribution in [0.1, 0.15) is 30.0 Å². The van der Waals surface area contributed by atoms with Crippen LogP contribution in [0.4, 0.5) is 0 Å². The van der Waals surface area contributed by atoms with E-state index >= 15 is 0 Å². The third-order valence-corrected chi connectivity index (χ3v) is 5.95. The molecule has 1 N–H and O–H groups in total. The molecule has 3 aliphatic rings. The molecule has 3 saturated heterocycles. The van der Waals surface area contributed by atoms with Gasteiger partial charge in [-0.05, 0) is 55.1 Å². The maximum Gasteiger partial charge on any atom is 0.161 e. The maximum atomic E-state index is 5.45. The minimum atomic E-state index is 0.476. The zero-order chi connectivity index (χ0) is 17.9. The van der Waals surface area contributed by atoms with Crippen molar-refractivity contribution >= 4 is 0 Å². The quantitative estimate of drug-likeness (QED) is 0.861. The normalized spacial score (nSPS) is 27.3. The minimum Gasteiger partial charge on any atom is -0.493 e. The molecule has 0 spiro atoms. The van der Waals surface area contributed by atoms with Crippen LogP contribution in [0.25, 0.3) is 0 Å². The van der Waals surface area contributed by atoms with Gasteiger partial charge in [-0.15, -0.1) is 0 Å². The van der Waals surface area contributed by atoms with Gasteiger partial charge in [-0.3, -0.25) is 4.90 Å². The maximum absolute atomic E-state index is 5.45. The van der Waals surface area contributed by atoms with E-state index in [1.807, 2.05) is 6.07 Å². The van der Waals surface area contributed by atoms with Gasteiger partial charge in [-0.2, -0.15) is 0 Å². The summed E-state index contributed by atoms with van der Waals surface area (Å²) in [5.41, 5.74) is 2.66. The third kappa shape index (κ3) is 3.31. The van der Waals surface area contributed by atoms with Gasteiger partial charge in [-0.1, -0.05) is 36.4 Å². The summed E-state index contributed by atoms with van der Waals surface area (Å²) in [5.74, 6) is 2.33. The van der Waals surface area contributed by atoms with Gasteiger partial charge < -0.3 is 14.8 Å². The molecule has 0 radical (unpaired) electrons. The smallest absolute Gasteiger partial charge is 0.161 e. The van der Waals surface area contributed by atoms with Crippen molar-refractivity contribution in [3.63, 3.8) is 0 Å². The largest absolute Gasteiger partial charge is 0.493 e.